The van der Waals surface area contributed by atoms with Gasteiger partial charge in [-0.3, -0.25) is 14.6 Å². The lowest BCUT2D eigenvalue weighted by Gasteiger charge is -2.06. The van der Waals surface area contributed by atoms with E-state index in [-0.39, 0.29) is 5.69 Å². The highest BCUT2D eigenvalue weighted by Crippen LogP contribution is 2.27. The predicted octanol–water partition coefficient (Wildman–Crippen LogP) is 2.22. The zero-order chi connectivity index (χ0) is 14.5. The first-order valence-electron chi connectivity index (χ1n) is 5.79. The van der Waals surface area contributed by atoms with Crippen molar-refractivity contribution >= 4 is 23.5 Å². The van der Waals surface area contributed by atoms with Gasteiger partial charge in [0.1, 0.15) is 12.2 Å². The van der Waals surface area contributed by atoms with Crippen LogP contribution in [0.3, 0.4) is 0 Å². The minimum Gasteiger partial charge on any atom is -0.480 e. The van der Waals surface area contributed by atoms with Crippen LogP contribution in [0.4, 0.5) is 0 Å². The van der Waals surface area contributed by atoms with Crippen LogP contribution in [0, 0.1) is 0 Å². The molecule has 0 radical (unpaired) electrons. The molecule has 2 N–H and O–H groups in total. The summed E-state index contributed by atoms with van der Waals surface area (Å²) in [6, 6.07) is 10.5. The van der Waals surface area contributed by atoms with Gasteiger partial charge in [0.05, 0.1) is 0 Å². The molecule has 0 aliphatic rings. The lowest BCUT2D eigenvalue weighted by atomic mass is 10.1. The summed E-state index contributed by atoms with van der Waals surface area (Å²) in [5.74, 6) is -1.65. The van der Waals surface area contributed by atoms with Crippen LogP contribution in [0.25, 0.3) is 11.1 Å². The van der Waals surface area contributed by atoms with Gasteiger partial charge in [0.2, 0.25) is 0 Å². The van der Waals surface area contributed by atoms with Crippen LogP contribution < -0.4 is 5.32 Å². The first kappa shape index (κ1) is 14.0. The molecule has 2 rings (SSSR count). The zero-order valence-electron chi connectivity index (χ0n) is 10.3. The van der Waals surface area contributed by atoms with E-state index < -0.39 is 18.4 Å². The molecule has 1 aromatic heterocycles. The fraction of sp³-hybridized carbons (Fsp3) is 0.0714. The molecule has 0 aliphatic carbocycles. The third kappa shape index (κ3) is 3.33. The van der Waals surface area contributed by atoms with Crippen molar-refractivity contribution in [1.29, 1.82) is 0 Å². The normalized spacial score (nSPS) is 10.1. The summed E-state index contributed by atoms with van der Waals surface area (Å²) in [5.41, 5.74) is 1.67. The summed E-state index contributed by atoms with van der Waals surface area (Å²) in [5, 5.41) is 11.3. The zero-order valence-corrected chi connectivity index (χ0v) is 11.1. The Labute approximate surface area is 120 Å². The summed E-state index contributed by atoms with van der Waals surface area (Å²) in [6.07, 6.45) is 1.48. The fourth-order valence-corrected chi connectivity index (χ4v) is 1.91. The maximum atomic E-state index is 11.7. The quantitative estimate of drug-likeness (QED) is 0.905. The highest BCUT2D eigenvalue weighted by atomic mass is 35.5. The fourth-order valence-electron chi connectivity index (χ4n) is 1.66. The molecule has 1 heterocycles. The molecular weight excluding hydrogens is 280 g/mol. The number of pyridine rings is 1. The van der Waals surface area contributed by atoms with Crippen LogP contribution in [0.2, 0.25) is 5.02 Å². The first-order chi connectivity index (χ1) is 9.58. The molecule has 1 aromatic carbocycles. The Hall–Kier alpha value is -2.40. The molecule has 0 atom stereocenters. The van der Waals surface area contributed by atoms with Gasteiger partial charge in [-0.2, -0.15) is 0 Å². The number of carboxylic acid groups (broad SMARTS) is 1. The molecule has 0 saturated carbocycles. The van der Waals surface area contributed by atoms with E-state index in [1.807, 2.05) is 18.2 Å². The number of rotatable bonds is 4. The summed E-state index contributed by atoms with van der Waals surface area (Å²) < 4.78 is 0. The van der Waals surface area contributed by atoms with Crippen molar-refractivity contribution in [2.45, 2.75) is 0 Å². The number of nitrogens with zero attached hydrogens (tertiary/aromatic N) is 1. The van der Waals surface area contributed by atoms with Crippen LogP contribution in [0.1, 0.15) is 10.5 Å². The second-order valence-corrected chi connectivity index (χ2v) is 4.39. The standard InChI is InChI=1S/C14H11ClN2O3/c15-11-4-2-1-3-10(11)9-5-6-16-12(7-9)14(20)17-8-13(18)19/h1-7H,8H2,(H,17,20)(H,18,19). The SMILES string of the molecule is O=C(O)CNC(=O)c1cc(-c2ccccc2Cl)ccn1. The number of carbonyl (C=O) groups is 2. The number of halogens is 1. The summed E-state index contributed by atoms with van der Waals surface area (Å²) in [6.45, 7) is -0.448. The minimum absolute atomic E-state index is 0.142. The van der Waals surface area contributed by atoms with Crippen LogP contribution >= 0.6 is 11.6 Å². The first-order valence-corrected chi connectivity index (χ1v) is 6.16. The Bertz CT molecular complexity index is 658. The van der Waals surface area contributed by atoms with E-state index in [4.69, 9.17) is 16.7 Å². The molecule has 0 unspecified atom stereocenters. The Morgan fingerprint density at radius 3 is 2.70 bits per heavy atom. The topological polar surface area (TPSA) is 79.3 Å². The van der Waals surface area contributed by atoms with Crippen LogP contribution in [-0.2, 0) is 4.79 Å². The van der Waals surface area contributed by atoms with Crippen LogP contribution in [0.15, 0.2) is 42.6 Å². The van der Waals surface area contributed by atoms with Gasteiger partial charge in [-0.15, -0.1) is 0 Å². The Balaban J connectivity index is 2.27. The molecular formula is C14H11ClN2O3. The Morgan fingerprint density at radius 1 is 1.25 bits per heavy atom. The Kier molecular flexibility index (Phi) is 4.32. The lowest BCUT2D eigenvalue weighted by molar-refractivity contribution is -0.135. The molecule has 6 heteroatoms. The van der Waals surface area contributed by atoms with Crippen molar-refractivity contribution in [1.82, 2.24) is 10.3 Å². The number of benzene rings is 1. The molecule has 102 valence electrons. The van der Waals surface area contributed by atoms with Crippen molar-refractivity contribution in [2.24, 2.45) is 0 Å². The van der Waals surface area contributed by atoms with Crippen molar-refractivity contribution < 1.29 is 14.7 Å². The third-order valence-corrected chi connectivity index (χ3v) is 2.91. The smallest absolute Gasteiger partial charge is 0.322 e. The van der Waals surface area contributed by atoms with E-state index in [0.717, 1.165) is 11.1 Å². The van der Waals surface area contributed by atoms with E-state index in [1.165, 1.54) is 6.20 Å². The molecule has 1 amide bonds. The highest BCUT2D eigenvalue weighted by molar-refractivity contribution is 6.33. The summed E-state index contributed by atoms with van der Waals surface area (Å²) in [7, 11) is 0. The van der Waals surface area contributed by atoms with Gasteiger partial charge >= 0.3 is 5.97 Å². The number of aromatic nitrogens is 1. The van der Waals surface area contributed by atoms with E-state index in [2.05, 4.69) is 10.3 Å². The molecule has 2 aromatic rings. The highest BCUT2D eigenvalue weighted by Gasteiger charge is 2.10. The van der Waals surface area contributed by atoms with Gasteiger partial charge < -0.3 is 10.4 Å². The Morgan fingerprint density at radius 2 is 2.00 bits per heavy atom. The van der Waals surface area contributed by atoms with E-state index >= 15 is 0 Å². The number of carbonyl (C=O) groups excluding carboxylic acids is 1. The average Bonchev–Trinajstić information content (AvgIpc) is 2.45. The van der Waals surface area contributed by atoms with E-state index in [0.29, 0.717) is 5.02 Å². The molecule has 0 bridgehead atoms. The van der Waals surface area contributed by atoms with Gasteiger partial charge in [0.25, 0.3) is 5.91 Å². The minimum atomic E-state index is -1.11. The van der Waals surface area contributed by atoms with Crippen LogP contribution in [0.5, 0.6) is 0 Å². The summed E-state index contributed by atoms with van der Waals surface area (Å²) >= 11 is 6.09. The van der Waals surface area contributed by atoms with Gasteiger partial charge in [-0.25, -0.2) is 0 Å². The number of nitrogens with one attached hydrogen (secondary N) is 1. The molecule has 0 fully saturated rings. The average molecular weight is 291 g/mol. The van der Waals surface area contributed by atoms with Gasteiger partial charge in [-0.1, -0.05) is 29.8 Å². The molecule has 20 heavy (non-hydrogen) atoms. The molecule has 0 aliphatic heterocycles. The van der Waals surface area contributed by atoms with Crippen molar-refractivity contribution in [3.63, 3.8) is 0 Å². The number of aliphatic carboxylic acids is 1. The van der Waals surface area contributed by atoms with Crippen molar-refractivity contribution in [3.8, 4) is 11.1 Å². The van der Waals surface area contributed by atoms with Gasteiger partial charge in [-0.05, 0) is 23.8 Å². The number of hydrogen-bond donors (Lipinski definition) is 2. The lowest BCUT2D eigenvalue weighted by Crippen LogP contribution is -2.29. The second kappa shape index (κ2) is 6.16. The molecule has 0 saturated heterocycles. The van der Waals surface area contributed by atoms with Crippen LogP contribution in [-0.4, -0.2) is 28.5 Å². The number of amides is 1. The monoisotopic (exact) mass is 290 g/mol. The molecule has 5 nitrogen and oxygen atoms in total. The third-order valence-electron chi connectivity index (χ3n) is 2.58. The van der Waals surface area contributed by atoms with E-state index in [1.54, 1.807) is 18.2 Å². The largest absolute Gasteiger partial charge is 0.480 e. The molecule has 0 spiro atoms. The maximum Gasteiger partial charge on any atom is 0.322 e. The summed E-state index contributed by atoms with van der Waals surface area (Å²) in [4.78, 5) is 26.1. The van der Waals surface area contributed by atoms with E-state index in [9.17, 15) is 9.59 Å². The number of carboxylic acids is 1. The van der Waals surface area contributed by atoms with Crippen molar-refractivity contribution in [2.75, 3.05) is 6.54 Å². The van der Waals surface area contributed by atoms with Crippen molar-refractivity contribution in [3.05, 3.63) is 53.3 Å². The maximum absolute atomic E-state index is 11.7. The predicted molar refractivity (Wildman–Crippen MR) is 74.7 cm³/mol. The van der Waals surface area contributed by atoms with Gasteiger partial charge in [0, 0.05) is 16.8 Å². The number of hydrogen-bond acceptors (Lipinski definition) is 3. The van der Waals surface area contributed by atoms with Gasteiger partial charge in [0.15, 0.2) is 0 Å². The second-order valence-electron chi connectivity index (χ2n) is 3.99.